The molecule has 2 N–H and O–H groups in total. The zero-order valence-electron chi connectivity index (χ0n) is 9.83. The van der Waals surface area contributed by atoms with Crippen LogP contribution < -0.4 is 5.73 Å². The molecule has 1 heterocycles. The van der Waals surface area contributed by atoms with E-state index in [1.165, 1.54) is 18.1 Å². The lowest BCUT2D eigenvalue weighted by Crippen LogP contribution is -2.04. The summed E-state index contributed by atoms with van der Waals surface area (Å²) in [6.45, 7) is 1.98. The Balaban J connectivity index is 1.98. The Morgan fingerprint density at radius 2 is 2.00 bits per heavy atom. The number of anilines is 1. The summed E-state index contributed by atoms with van der Waals surface area (Å²) in [5.41, 5.74) is 7.25. The first-order valence-electron chi connectivity index (χ1n) is 5.32. The molecule has 0 saturated carbocycles. The van der Waals surface area contributed by atoms with Crippen molar-refractivity contribution < 1.29 is 4.79 Å². The van der Waals surface area contributed by atoms with E-state index >= 15 is 0 Å². The van der Waals surface area contributed by atoms with Gasteiger partial charge in [-0.15, -0.1) is 0 Å². The summed E-state index contributed by atoms with van der Waals surface area (Å²) in [5.74, 6) is 0.487. The third-order valence-electron chi connectivity index (χ3n) is 2.27. The molecule has 0 spiro atoms. The van der Waals surface area contributed by atoms with Crippen molar-refractivity contribution in [3.05, 3.63) is 41.7 Å². The topological polar surface area (TPSA) is 81.8 Å². The molecule has 0 unspecified atom stereocenters. The van der Waals surface area contributed by atoms with E-state index < -0.39 is 0 Å². The van der Waals surface area contributed by atoms with Crippen LogP contribution in [0.3, 0.4) is 0 Å². The number of thioether (sulfide) groups is 1. The van der Waals surface area contributed by atoms with Gasteiger partial charge in [-0.2, -0.15) is 4.98 Å². The summed E-state index contributed by atoms with van der Waals surface area (Å²) in [6.07, 6.45) is 1.33. The first kappa shape index (κ1) is 12.5. The van der Waals surface area contributed by atoms with Crippen LogP contribution in [0.5, 0.6) is 0 Å². The molecule has 5 nitrogen and oxygen atoms in total. The summed E-state index contributed by atoms with van der Waals surface area (Å²) in [7, 11) is 0. The van der Waals surface area contributed by atoms with Crippen LogP contribution in [0.1, 0.15) is 15.9 Å². The van der Waals surface area contributed by atoms with Crippen LogP contribution in [0.2, 0.25) is 0 Å². The molecule has 0 fully saturated rings. The molecule has 6 heteroatoms. The number of benzene rings is 1. The van der Waals surface area contributed by atoms with Crippen molar-refractivity contribution >= 4 is 23.5 Å². The largest absolute Gasteiger partial charge is 0.368 e. The number of carbonyl (C=O) groups excluding carboxylic acids is 1. The van der Waals surface area contributed by atoms with Crippen LogP contribution in [-0.2, 0) is 0 Å². The molecule has 0 aliphatic carbocycles. The molecular formula is C12H12N4OS. The number of ketones is 1. The maximum atomic E-state index is 11.9. The second-order valence-corrected chi connectivity index (χ2v) is 4.65. The van der Waals surface area contributed by atoms with Gasteiger partial charge in [0.15, 0.2) is 10.9 Å². The van der Waals surface area contributed by atoms with E-state index in [9.17, 15) is 4.79 Å². The molecule has 0 atom stereocenters. The zero-order chi connectivity index (χ0) is 13.0. The van der Waals surface area contributed by atoms with Crippen molar-refractivity contribution in [3.8, 4) is 0 Å². The number of rotatable bonds is 4. The number of hydrogen-bond acceptors (Lipinski definition) is 6. The van der Waals surface area contributed by atoms with Crippen LogP contribution in [0.15, 0.2) is 35.7 Å². The van der Waals surface area contributed by atoms with Crippen LogP contribution in [0.4, 0.5) is 5.95 Å². The quantitative estimate of drug-likeness (QED) is 0.666. The average molecular weight is 260 g/mol. The van der Waals surface area contributed by atoms with Crippen molar-refractivity contribution in [2.75, 3.05) is 11.5 Å². The van der Waals surface area contributed by atoms with Gasteiger partial charge in [-0.1, -0.05) is 41.6 Å². The SMILES string of the molecule is Cc1ccc(C(=O)CSc2ncnc(N)n2)cc1. The van der Waals surface area contributed by atoms with Crippen molar-refractivity contribution in [2.24, 2.45) is 0 Å². The van der Waals surface area contributed by atoms with Gasteiger partial charge in [0.25, 0.3) is 0 Å². The third kappa shape index (κ3) is 3.27. The number of nitrogen functional groups attached to an aromatic ring is 1. The van der Waals surface area contributed by atoms with E-state index in [1.54, 1.807) is 0 Å². The van der Waals surface area contributed by atoms with E-state index in [2.05, 4.69) is 15.0 Å². The Morgan fingerprint density at radius 1 is 1.28 bits per heavy atom. The molecule has 2 aromatic rings. The molecule has 2 rings (SSSR count). The molecule has 0 aliphatic rings. The maximum Gasteiger partial charge on any atom is 0.223 e. The van der Waals surface area contributed by atoms with Crippen molar-refractivity contribution in [1.82, 2.24) is 15.0 Å². The second kappa shape index (κ2) is 5.59. The van der Waals surface area contributed by atoms with Gasteiger partial charge in [-0.05, 0) is 6.92 Å². The predicted octanol–water partition coefficient (Wildman–Crippen LogP) is 1.74. The average Bonchev–Trinajstić information content (AvgIpc) is 2.37. The Labute approximate surface area is 109 Å². The summed E-state index contributed by atoms with van der Waals surface area (Å²) in [5, 5.41) is 0.461. The third-order valence-corrected chi connectivity index (χ3v) is 3.14. The van der Waals surface area contributed by atoms with Gasteiger partial charge in [0, 0.05) is 5.56 Å². The van der Waals surface area contributed by atoms with Crippen LogP contribution >= 0.6 is 11.8 Å². The number of nitrogens with zero attached hydrogens (tertiary/aromatic N) is 3. The zero-order valence-corrected chi connectivity index (χ0v) is 10.6. The minimum absolute atomic E-state index is 0.0407. The Bertz CT molecular complexity index is 556. The van der Waals surface area contributed by atoms with Gasteiger partial charge in [0.1, 0.15) is 6.33 Å². The molecule has 0 amide bonds. The van der Waals surface area contributed by atoms with Gasteiger partial charge in [0.05, 0.1) is 5.75 Å². The minimum atomic E-state index is 0.0407. The summed E-state index contributed by atoms with van der Waals surface area (Å²) in [4.78, 5) is 23.4. The second-order valence-electron chi connectivity index (χ2n) is 3.70. The first-order chi connectivity index (χ1) is 8.65. The molecule has 0 saturated heterocycles. The van der Waals surface area contributed by atoms with E-state index in [0.29, 0.717) is 10.7 Å². The summed E-state index contributed by atoms with van der Waals surface area (Å²) < 4.78 is 0. The highest BCUT2D eigenvalue weighted by Crippen LogP contribution is 2.15. The van der Waals surface area contributed by atoms with E-state index in [1.807, 2.05) is 31.2 Å². The van der Waals surface area contributed by atoms with Gasteiger partial charge in [0.2, 0.25) is 5.95 Å². The number of hydrogen-bond donors (Lipinski definition) is 1. The van der Waals surface area contributed by atoms with Crippen molar-refractivity contribution in [3.63, 3.8) is 0 Å². The van der Waals surface area contributed by atoms with Gasteiger partial charge in [-0.25, -0.2) is 9.97 Å². The minimum Gasteiger partial charge on any atom is -0.368 e. The fourth-order valence-electron chi connectivity index (χ4n) is 1.32. The fourth-order valence-corrected chi connectivity index (χ4v) is 2.02. The van der Waals surface area contributed by atoms with Gasteiger partial charge in [-0.3, -0.25) is 4.79 Å². The molecule has 1 aromatic heterocycles. The fraction of sp³-hybridized carbons (Fsp3) is 0.167. The highest BCUT2D eigenvalue weighted by molar-refractivity contribution is 7.99. The van der Waals surface area contributed by atoms with Crippen LogP contribution in [0, 0.1) is 6.92 Å². The lowest BCUT2D eigenvalue weighted by atomic mass is 10.1. The Morgan fingerprint density at radius 3 is 2.67 bits per heavy atom. The lowest BCUT2D eigenvalue weighted by Gasteiger charge is -2.01. The van der Waals surface area contributed by atoms with Gasteiger partial charge < -0.3 is 5.73 Å². The highest BCUT2D eigenvalue weighted by Gasteiger charge is 2.08. The normalized spacial score (nSPS) is 10.3. The number of aromatic nitrogens is 3. The molecule has 0 bridgehead atoms. The monoisotopic (exact) mass is 260 g/mol. The van der Waals surface area contributed by atoms with Crippen LogP contribution in [0.25, 0.3) is 0 Å². The number of aryl methyl sites for hydroxylation is 1. The number of Topliss-reactive ketones (excluding diaryl/α,β-unsaturated/α-hetero) is 1. The first-order valence-corrected chi connectivity index (χ1v) is 6.31. The van der Waals surface area contributed by atoms with Gasteiger partial charge >= 0.3 is 0 Å². The number of carbonyl (C=O) groups is 1. The van der Waals surface area contributed by atoms with Crippen molar-refractivity contribution in [2.45, 2.75) is 12.1 Å². The van der Waals surface area contributed by atoms with E-state index in [-0.39, 0.29) is 17.5 Å². The molecular weight excluding hydrogens is 248 g/mol. The van der Waals surface area contributed by atoms with E-state index in [4.69, 9.17) is 5.73 Å². The number of nitrogens with two attached hydrogens (primary N) is 1. The standard InChI is InChI=1S/C12H12N4OS/c1-8-2-4-9(5-3-8)10(17)6-18-12-15-7-14-11(13)16-12/h2-5,7H,6H2,1H3,(H2,13,14,15,16). The molecule has 18 heavy (non-hydrogen) atoms. The van der Waals surface area contributed by atoms with Crippen LogP contribution in [-0.4, -0.2) is 26.5 Å². The molecule has 0 aliphatic heterocycles. The van der Waals surface area contributed by atoms with Crippen molar-refractivity contribution in [1.29, 1.82) is 0 Å². The smallest absolute Gasteiger partial charge is 0.223 e. The molecule has 1 aromatic carbocycles. The van der Waals surface area contributed by atoms with E-state index in [0.717, 1.165) is 5.56 Å². The Kier molecular flexibility index (Phi) is 3.88. The summed E-state index contributed by atoms with van der Waals surface area (Å²) >= 11 is 1.25. The molecule has 0 radical (unpaired) electrons. The summed E-state index contributed by atoms with van der Waals surface area (Å²) in [6, 6.07) is 7.47. The predicted molar refractivity (Wildman–Crippen MR) is 70.5 cm³/mol. The maximum absolute atomic E-state index is 11.9. The highest BCUT2D eigenvalue weighted by atomic mass is 32.2. The molecule has 92 valence electrons. The lowest BCUT2D eigenvalue weighted by molar-refractivity contribution is 0.102. The Hall–Kier alpha value is -1.95.